The summed E-state index contributed by atoms with van der Waals surface area (Å²) in [5, 5.41) is 0.0742. The molecule has 1 N–H and O–H groups in total. The van der Waals surface area contributed by atoms with E-state index in [1.165, 1.54) is 0 Å². The van der Waals surface area contributed by atoms with Crippen molar-refractivity contribution in [3.05, 3.63) is 16.0 Å². The highest BCUT2D eigenvalue weighted by Gasteiger charge is 2.26. The van der Waals surface area contributed by atoms with Crippen molar-refractivity contribution in [2.75, 3.05) is 6.54 Å². The van der Waals surface area contributed by atoms with Gasteiger partial charge in [-0.1, -0.05) is 24.4 Å². The van der Waals surface area contributed by atoms with Gasteiger partial charge in [0.05, 0.1) is 4.34 Å². The highest BCUT2D eigenvalue weighted by molar-refractivity contribution is 7.91. The van der Waals surface area contributed by atoms with Crippen LogP contribution in [-0.4, -0.2) is 20.3 Å². The van der Waals surface area contributed by atoms with Gasteiger partial charge in [0, 0.05) is 11.9 Å². The molecule has 0 aromatic carbocycles. The molecule has 0 bridgehead atoms. The minimum absolute atomic E-state index is 0.0742. The van der Waals surface area contributed by atoms with Crippen molar-refractivity contribution in [2.45, 2.75) is 42.2 Å². The molecule has 1 aliphatic rings. The topological polar surface area (TPSA) is 46.2 Å². The fraction of sp³-hybridized carbons (Fsp3) is 0.667. The summed E-state index contributed by atoms with van der Waals surface area (Å²) in [5.41, 5.74) is 0.792. The Labute approximate surface area is 128 Å². The summed E-state index contributed by atoms with van der Waals surface area (Å²) in [4.78, 5) is 0. The Balaban J connectivity index is 2.01. The molecule has 3 nitrogen and oxygen atoms in total. The van der Waals surface area contributed by atoms with Crippen LogP contribution in [0.5, 0.6) is 0 Å². The molecule has 2 unspecified atom stereocenters. The average molecular weight is 342 g/mol. The van der Waals surface area contributed by atoms with Crippen LogP contribution in [0.25, 0.3) is 0 Å². The lowest BCUT2D eigenvalue weighted by atomic mass is 9.89. The minimum Gasteiger partial charge on any atom is -0.210 e. The summed E-state index contributed by atoms with van der Waals surface area (Å²) >= 11 is 13.2. The van der Waals surface area contributed by atoms with Crippen molar-refractivity contribution in [1.29, 1.82) is 0 Å². The maximum absolute atomic E-state index is 12.1. The van der Waals surface area contributed by atoms with Crippen LogP contribution in [0.1, 0.15) is 31.2 Å². The van der Waals surface area contributed by atoms with Crippen LogP contribution >= 0.6 is 34.5 Å². The number of hydrogen-bond acceptors (Lipinski definition) is 3. The number of aryl methyl sites for hydroxylation is 1. The zero-order valence-electron chi connectivity index (χ0n) is 10.7. The summed E-state index contributed by atoms with van der Waals surface area (Å²) in [7, 11) is -3.46. The smallest absolute Gasteiger partial charge is 0.210 e. The molecule has 0 aliphatic heterocycles. The lowest BCUT2D eigenvalue weighted by Crippen LogP contribution is -2.34. The van der Waals surface area contributed by atoms with Crippen LogP contribution < -0.4 is 4.72 Å². The normalized spacial score (nSPS) is 24.6. The average Bonchev–Trinajstić information content (AvgIpc) is 2.70. The minimum atomic E-state index is -3.46. The van der Waals surface area contributed by atoms with Gasteiger partial charge in [-0.2, -0.15) is 0 Å². The van der Waals surface area contributed by atoms with E-state index in [1.807, 2.05) is 0 Å². The SMILES string of the molecule is Cc1cc(S(=O)(=O)NCC2CCCCC2Cl)sc1Cl. The Hall–Kier alpha value is 0.190. The molecule has 1 aromatic rings. The first-order valence-corrected chi connectivity index (χ1v) is 9.41. The summed E-state index contributed by atoms with van der Waals surface area (Å²) in [6, 6.07) is 1.61. The molecule has 0 saturated heterocycles. The van der Waals surface area contributed by atoms with E-state index < -0.39 is 10.0 Å². The van der Waals surface area contributed by atoms with Crippen molar-refractivity contribution in [2.24, 2.45) is 5.92 Å². The standard InChI is InChI=1S/C12H17Cl2NO2S2/c1-8-6-11(18-12(8)14)19(16,17)15-7-9-4-2-3-5-10(9)13/h6,9-10,15H,2-5,7H2,1H3. The van der Waals surface area contributed by atoms with Gasteiger partial charge in [0.1, 0.15) is 4.21 Å². The largest absolute Gasteiger partial charge is 0.250 e. The first-order valence-electron chi connectivity index (χ1n) is 6.30. The Morgan fingerprint density at radius 1 is 1.42 bits per heavy atom. The molecule has 7 heteroatoms. The summed E-state index contributed by atoms with van der Waals surface area (Å²) < 4.78 is 27.7. The lowest BCUT2D eigenvalue weighted by molar-refractivity contribution is 0.364. The van der Waals surface area contributed by atoms with Crippen LogP contribution in [0.2, 0.25) is 4.34 Å². The number of sulfonamides is 1. The molecule has 0 radical (unpaired) electrons. The fourth-order valence-corrected chi connectivity index (χ4v) is 5.46. The van der Waals surface area contributed by atoms with Crippen molar-refractivity contribution >= 4 is 44.6 Å². The number of nitrogens with one attached hydrogen (secondary N) is 1. The van der Waals surface area contributed by atoms with Gasteiger partial charge in [-0.3, -0.25) is 0 Å². The summed E-state index contributed by atoms with van der Waals surface area (Å²) in [5.74, 6) is 0.224. The van der Waals surface area contributed by atoms with E-state index >= 15 is 0 Å². The van der Waals surface area contributed by atoms with E-state index in [0.717, 1.165) is 42.6 Å². The fourth-order valence-electron chi connectivity index (χ4n) is 2.24. The van der Waals surface area contributed by atoms with Crippen molar-refractivity contribution in [3.63, 3.8) is 0 Å². The lowest BCUT2D eigenvalue weighted by Gasteiger charge is -2.26. The molecule has 0 spiro atoms. The molecule has 108 valence electrons. The monoisotopic (exact) mass is 341 g/mol. The molecule has 2 atom stereocenters. The van der Waals surface area contributed by atoms with Gasteiger partial charge >= 0.3 is 0 Å². The van der Waals surface area contributed by atoms with Crippen molar-refractivity contribution in [1.82, 2.24) is 4.72 Å². The van der Waals surface area contributed by atoms with Crippen LogP contribution in [-0.2, 0) is 10.0 Å². The van der Waals surface area contributed by atoms with E-state index in [2.05, 4.69) is 4.72 Å². The summed E-state index contributed by atoms with van der Waals surface area (Å²) in [6.45, 7) is 2.21. The number of hydrogen-bond donors (Lipinski definition) is 1. The second-order valence-electron chi connectivity index (χ2n) is 4.93. The van der Waals surface area contributed by atoms with E-state index in [-0.39, 0.29) is 15.5 Å². The maximum Gasteiger partial charge on any atom is 0.250 e. The van der Waals surface area contributed by atoms with E-state index in [4.69, 9.17) is 23.2 Å². The number of alkyl halides is 1. The Bertz CT molecular complexity index is 522. The first kappa shape index (κ1) is 15.6. The van der Waals surface area contributed by atoms with Crippen LogP contribution in [0.3, 0.4) is 0 Å². The molecule has 19 heavy (non-hydrogen) atoms. The summed E-state index contributed by atoms with van der Waals surface area (Å²) in [6.07, 6.45) is 4.22. The van der Waals surface area contributed by atoms with Crippen LogP contribution in [0.15, 0.2) is 10.3 Å². The van der Waals surface area contributed by atoms with Gasteiger partial charge in [0.2, 0.25) is 10.0 Å². The molecular formula is C12H17Cl2NO2S2. The van der Waals surface area contributed by atoms with Gasteiger partial charge < -0.3 is 0 Å². The third kappa shape index (κ3) is 3.85. The van der Waals surface area contributed by atoms with Crippen molar-refractivity contribution in [3.8, 4) is 0 Å². The first-order chi connectivity index (χ1) is 8.90. The maximum atomic E-state index is 12.1. The van der Waals surface area contributed by atoms with Gasteiger partial charge in [-0.15, -0.1) is 22.9 Å². The quantitative estimate of drug-likeness (QED) is 0.847. The molecule has 1 saturated carbocycles. The van der Waals surface area contributed by atoms with E-state index in [1.54, 1.807) is 13.0 Å². The molecule has 1 fully saturated rings. The highest BCUT2D eigenvalue weighted by atomic mass is 35.5. The van der Waals surface area contributed by atoms with Gasteiger partial charge in [-0.05, 0) is 37.3 Å². The third-order valence-corrected chi connectivity index (χ3v) is 7.48. The van der Waals surface area contributed by atoms with E-state index in [9.17, 15) is 8.42 Å². The van der Waals surface area contributed by atoms with Crippen LogP contribution in [0, 0.1) is 12.8 Å². The predicted molar refractivity (Wildman–Crippen MR) is 80.9 cm³/mol. The molecule has 2 rings (SSSR count). The Morgan fingerprint density at radius 3 is 2.68 bits per heavy atom. The van der Waals surface area contributed by atoms with Gasteiger partial charge in [0.25, 0.3) is 0 Å². The van der Waals surface area contributed by atoms with E-state index in [0.29, 0.717) is 10.9 Å². The second kappa shape index (κ2) is 6.31. The van der Waals surface area contributed by atoms with Crippen LogP contribution in [0.4, 0.5) is 0 Å². The van der Waals surface area contributed by atoms with Gasteiger partial charge in [-0.25, -0.2) is 13.1 Å². The third-order valence-electron chi connectivity index (χ3n) is 3.45. The molecule has 1 aliphatic carbocycles. The Kier molecular flexibility index (Phi) is 5.17. The Morgan fingerprint density at radius 2 is 2.11 bits per heavy atom. The number of rotatable bonds is 4. The predicted octanol–water partition coefficient (Wildman–Crippen LogP) is 3.79. The van der Waals surface area contributed by atoms with Gasteiger partial charge in [0.15, 0.2) is 0 Å². The molecule has 1 heterocycles. The highest BCUT2D eigenvalue weighted by Crippen LogP contribution is 2.31. The molecule has 1 aromatic heterocycles. The van der Waals surface area contributed by atoms with Crippen molar-refractivity contribution < 1.29 is 8.42 Å². The second-order valence-corrected chi connectivity index (χ2v) is 9.14. The zero-order chi connectivity index (χ0) is 14.0. The number of thiophene rings is 1. The number of halogens is 2. The molecule has 0 amide bonds. The zero-order valence-corrected chi connectivity index (χ0v) is 13.8. The molecular weight excluding hydrogens is 325 g/mol.